The van der Waals surface area contributed by atoms with Crippen LogP contribution in [0, 0.1) is 0 Å². The van der Waals surface area contributed by atoms with Crippen LogP contribution in [-0.2, 0) is 11.0 Å². The smallest absolute Gasteiger partial charge is 0.433 e. The summed E-state index contributed by atoms with van der Waals surface area (Å²) in [5.41, 5.74) is -1.23. The standard InChI is InChI=1S/C13H15F3N2O3/c1-2-3-4-9(12(20)21)18-11(19)8-5-6-10(17-7-8)13(14,15)16/h5-7,9H,2-4H2,1H3,(H,18,19)(H,20,21). The van der Waals surface area contributed by atoms with Crippen molar-refractivity contribution in [1.29, 1.82) is 0 Å². The number of rotatable bonds is 6. The first-order chi connectivity index (χ1) is 9.75. The highest BCUT2D eigenvalue weighted by atomic mass is 19.4. The van der Waals surface area contributed by atoms with Gasteiger partial charge in [-0.15, -0.1) is 0 Å². The molecule has 1 aromatic heterocycles. The Morgan fingerprint density at radius 2 is 2.05 bits per heavy atom. The number of carbonyl (C=O) groups excluding carboxylic acids is 1. The fraction of sp³-hybridized carbons (Fsp3) is 0.462. The first kappa shape index (κ1) is 16.9. The summed E-state index contributed by atoms with van der Waals surface area (Å²) in [7, 11) is 0. The van der Waals surface area contributed by atoms with Gasteiger partial charge < -0.3 is 10.4 Å². The van der Waals surface area contributed by atoms with Crippen LogP contribution in [0.25, 0.3) is 0 Å². The molecule has 0 saturated heterocycles. The Bertz CT molecular complexity index is 500. The number of nitrogens with one attached hydrogen (secondary N) is 1. The summed E-state index contributed by atoms with van der Waals surface area (Å²) in [4.78, 5) is 25.9. The van der Waals surface area contributed by atoms with Crippen molar-refractivity contribution in [2.24, 2.45) is 0 Å². The number of carboxylic acid groups (broad SMARTS) is 1. The molecule has 1 rings (SSSR count). The molecule has 0 saturated carbocycles. The van der Waals surface area contributed by atoms with Crippen LogP contribution in [0.4, 0.5) is 13.2 Å². The predicted octanol–water partition coefficient (Wildman–Crippen LogP) is 2.47. The van der Waals surface area contributed by atoms with E-state index in [-0.39, 0.29) is 12.0 Å². The van der Waals surface area contributed by atoms with Crippen molar-refractivity contribution in [3.8, 4) is 0 Å². The summed E-state index contributed by atoms with van der Waals surface area (Å²) in [5.74, 6) is -1.95. The molecule has 1 amide bonds. The number of nitrogens with zero attached hydrogens (tertiary/aromatic N) is 1. The highest BCUT2D eigenvalue weighted by Crippen LogP contribution is 2.27. The van der Waals surface area contributed by atoms with Crippen LogP contribution in [0.5, 0.6) is 0 Å². The molecular weight excluding hydrogens is 289 g/mol. The summed E-state index contributed by atoms with van der Waals surface area (Å²) in [5, 5.41) is 11.2. The topological polar surface area (TPSA) is 79.3 Å². The quantitative estimate of drug-likeness (QED) is 0.846. The lowest BCUT2D eigenvalue weighted by Gasteiger charge is -2.14. The van der Waals surface area contributed by atoms with E-state index in [2.05, 4.69) is 10.3 Å². The van der Waals surface area contributed by atoms with E-state index in [1.807, 2.05) is 6.92 Å². The highest BCUT2D eigenvalue weighted by Gasteiger charge is 2.32. The van der Waals surface area contributed by atoms with E-state index in [1.165, 1.54) is 0 Å². The number of carbonyl (C=O) groups is 2. The zero-order valence-electron chi connectivity index (χ0n) is 11.3. The maximum Gasteiger partial charge on any atom is 0.433 e. The van der Waals surface area contributed by atoms with Gasteiger partial charge in [-0.3, -0.25) is 9.78 Å². The van der Waals surface area contributed by atoms with Gasteiger partial charge in [0, 0.05) is 6.20 Å². The number of halogens is 3. The van der Waals surface area contributed by atoms with Gasteiger partial charge in [0.25, 0.3) is 5.91 Å². The van der Waals surface area contributed by atoms with Crippen molar-refractivity contribution in [2.75, 3.05) is 0 Å². The normalized spacial score (nSPS) is 12.8. The lowest BCUT2D eigenvalue weighted by Crippen LogP contribution is -2.40. The van der Waals surface area contributed by atoms with Gasteiger partial charge in [-0.2, -0.15) is 13.2 Å². The zero-order valence-corrected chi connectivity index (χ0v) is 11.3. The molecule has 0 aromatic carbocycles. The van der Waals surface area contributed by atoms with E-state index < -0.39 is 29.8 Å². The first-order valence-corrected chi connectivity index (χ1v) is 6.32. The largest absolute Gasteiger partial charge is 0.480 e. The second-order valence-electron chi connectivity index (χ2n) is 4.44. The van der Waals surface area contributed by atoms with Gasteiger partial charge in [0.1, 0.15) is 11.7 Å². The van der Waals surface area contributed by atoms with Crippen molar-refractivity contribution in [3.05, 3.63) is 29.6 Å². The molecule has 1 unspecified atom stereocenters. The van der Waals surface area contributed by atoms with Gasteiger partial charge in [0.2, 0.25) is 0 Å². The van der Waals surface area contributed by atoms with Crippen LogP contribution in [0.15, 0.2) is 18.3 Å². The number of aliphatic carboxylic acids is 1. The number of pyridine rings is 1. The summed E-state index contributed by atoms with van der Waals surface area (Å²) in [6, 6.07) is 0.570. The van der Waals surface area contributed by atoms with Crippen LogP contribution in [0.3, 0.4) is 0 Å². The molecule has 0 aliphatic rings. The number of amides is 1. The van der Waals surface area contributed by atoms with E-state index in [1.54, 1.807) is 0 Å². The van der Waals surface area contributed by atoms with Crippen molar-refractivity contribution < 1.29 is 27.9 Å². The van der Waals surface area contributed by atoms with Crippen LogP contribution in [0.2, 0.25) is 0 Å². The molecule has 1 aromatic rings. The second kappa shape index (κ2) is 7.05. The monoisotopic (exact) mass is 304 g/mol. The lowest BCUT2D eigenvalue weighted by molar-refractivity contribution is -0.141. The summed E-state index contributed by atoms with van der Waals surface area (Å²) in [6.45, 7) is 1.88. The molecule has 1 atom stereocenters. The zero-order chi connectivity index (χ0) is 16.0. The number of hydrogen-bond donors (Lipinski definition) is 2. The van der Waals surface area contributed by atoms with Gasteiger partial charge in [-0.1, -0.05) is 19.8 Å². The van der Waals surface area contributed by atoms with Crippen LogP contribution < -0.4 is 5.32 Å². The molecule has 1 heterocycles. The van der Waals surface area contributed by atoms with Crippen LogP contribution in [0.1, 0.15) is 42.2 Å². The highest BCUT2D eigenvalue weighted by molar-refractivity contribution is 5.96. The third kappa shape index (κ3) is 5.05. The van der Waals surface area contributed by atoms with Crippen molar-refractivity contribution in [1.82, 2.24) is 10.3 Å². The molecule has 8 heteroatoms. The molecule has 116 valence electrons. The second-order valence-corrected chi connectivity index (χ2v) is 4.44. The molecule has 0 bridgehead atoms. The molecule has 0 radical (unpaired) electrons. The number of aromatic nitrogens is 1. The fourth-order valence-electron chi connectivity index (χ4n) is 1.60. The van der Waals surface area contributed by atoms with Crippen LogP contribution >= 0.6 is 0 Å². The van der Waals surface area contributed by atoms with Crippen molar-refractivity contribution in [3.63, 3.8) is 0 Å². The van der Waals surface area contributed by atoms with E-state index in [9.17, 15) is 22.8 Å². The minimum absolute atomic E-state index is 0.120. The Morgan fingerprint density at radius 1 is 1.38 bits per heavy atom. The van der Waals surface area contributed by atoms with E-state index in [0.29, 0.717) is 12.5 Å². The molecule has 0 fully saturated rings. The fourth-order valence-corrected chi connectivity index (χ4v) is 1.60. The third-order valence-electron chi connectivity index (χ3n) is 2.77. The summed E-state index contributed by atoms with van der Waals surface area (Å²) >= 11 is 0. The molecular formula is C13H15F3N2O3. The SMILES string of the molecule is CCCCC(NC(=O)c1ccc(C(F)(F)F)nc1)C(=O)O. The number of hydrogen-bond acceptors (Lipinski definition) is 3. The van der Waals surface area contributed by atoms with Gasteiger partial charge in [-0.25, -0.2) is 4.79 Å². The van der Waals surface area contributed by atoms with Crippen molar-refractivity contribution >= 4 is 11.9 Å². The molecule has 0 spiro atoms. The molecule has 21 heavy (non-hydrogen) atoms. The Kier molecular flexibility index (Phi) is 5.69. The Balaban J connectivity index is 2.76. The van der Waals surface area contributed by atoms with Gasteiger partial charge in [0.15, 0.2) is 0 Å². The predicted molar refractivity (Wildman–Crippen MR) is 67.7 cm³/mol. The first-order valence-electron chi connectivity index (χ1n) is 6.32. The van der Waals surface area contributed by atoms with E-state index >= 15 is 0 Å². The average Bonchev–Trinajstić information content (AvgIpc) is 2.42. The maximum absolute atomic E-state index is 12.3. The molecule has 5 nitrogen and oxygen atoms in total. The average molecular weight is 304 g/mol. The summed E-state index contributed by atoms with van der Waals surface area (Å²) < 4.78 is 37.0. The Morgan fingerprint density at radius 3 is 2.48 bits per heavy atom. The Hall–Kier alpha value is -2.12. The van der Waals surface area contributed by atoms with Crippen LogP contribution in [-0.4, -0.2) is 28.0 Å². The van der Waals surface area contributed by atoms with E-state index in [0.717, 1.165) is 18.7 Å². The third-order valence-corrected chi connectivity index (χ3v) is 2.77. The summed E-state index contributed by atoms with van der Waals surface area (Å²) in [6.07, 6.45) is -2.17. The molecule has 0 aliphatic carbocycles. The molecule has 0 aliphatic heterocycles. The lowest BCUT2D eigenvalue weighted by atomic mass is 10.1. The van der Waals surface area contributed by atoms with Gasteiger partial charge >= 0.3 is 12.1 Å². The Labute approximate surface area is 119 Å². The van der Waals surface area contributed by atoms with E-state index in [4.69, 9.17) is 5.11 Å². The minimum atomic E-state index is -4.58. The van der Waals surface area contributed by atoms with Gasteiger partial charge in [0.05, 0.1) is 5.56 Å². The molecule has 2 N–H and O–H groups in total. The maximum atomic E-state index is 12.3. The van der Waals surface area contributed by atoms with Gasteiger partial charge in [-0.05, 0) is 18.6 Å². The number of alkyl halides is 3. The minimum Gasteiger partial charge on any atom is -0.480 e. The number of unbranched alkanes of at least 4 members (excludes halogenated alkanes) is 1. The van der Waals surface area contributed by atoms with Crippen molar-refractivity contribution in [2.45, 2.75) is 38.4 Å². The number of carboxylic acids is 1.